The van der Waals surface area contributed by atoms with Gasteiger partial charge in [0.25, 0.3) is 5.56 Å². The first-order valence-electron chi connectivity index (χ1n) is 10.6. The highest BCUT2D eigenvalue weighted by Crippen LogP contribution is 2.32. The Morgan fingerprint density at radius 3 is 2.50 bits per heavy atom. The predicted molar refractivity (Wildman–Crippen MR) is 122 cm³/mol. The van der Waals surface area contributed by atoms with Crippen LogP contribution in [0.4, 0.5) is 16.0 Å². The van der Waals surface area contributed by atoms with Crippen LogP contribution in [0.3, 0.4) is 0 Å². The van der Waals surface area contributed by atoms with Crippen molar-refractivity contribution in [3.8, 4) is 0 Å². The summed E-state index contributed by atoms with van der Waals surface area (Å²) >= 11 is 0. The van der Waals surface area contributed by atoms with Crippen LogP contribution in [0.5, 0.6) is 0 Å². The van der Waals surface area contributed by atoms with Gasteiger partial charge in [0.1, 0.15) is 5.82 Å². The van der Waals surface area contributed by atoms with Gasteiger partial charge in [-0.05, 0) is 48.2 Å². The van der Waals surface area contributed by atoms with Crippen molar-refractivity contribution < 1.29 is 4.39 Å². The van der Waals surface area contributed by atoms with Gasteiger partial charge in [-0.25, -0.2) is 9.18 Å². The van der Waals surface area contributed by atoms with Gasteiger partial charge < -0.3 is 9.47 Å². The van der Waals surface area contributed by atoms with E-state index in [0.717, 1.165) is 16.8 Å². The van der Waals surface area contributed by atoms with Crippen LogP contribution in [0.2, 0.25) is 0 Å². The van der Waals surface area contributed by atoms with Crippen LogP contribution >= 0.6 is 0 Å². The highest BCUT2D eigenvalue weighted by Gasteiger charge is 2.29. The molecule has 1 aliphatic rings. The van der Waals surface area contributed by atoms with Crippen molar-refractivity contribution in [2.75, 3.05) is 11.4 Å². The molecule has 5 rings (SSSR count). The first-order chi connectivity index (χ1) is 15.3. The lowest BCUT2D eigenvalue weighted by molar-refractivity contribution is 0.458. The Balaban J connectivity index is 1.73. The van der Waals surface area contributed by atoms with Gasteiger partial charge in [0.15, 0.2) is 11.2 Å². The molecule has 0 aliphatic carbocycles. The summed E-state index contributed by atoms with van der Waals surface area (Å²) in [5.41, 5.74) is 2.76. The lowest BCUT2D eigenvalue weighted by Crippen LogP contribution is -2.40. The van der Waals surface area contributed by atoms with E-state index in [4.69, 9.17) is 4.98 Å². The molecule has 2 aromatic heterocycles. The third-order valence-electron chi connectivity index (χ3n) is 6.17. The molecule has 3 heterocycles. The van der Waals surface area contributed by atoms with Crippen molar-refractivity contribution in [1.29, 1.82) is 0 Å². The Kier molecular flexibility index (Phi) is 4.73. The molecule has 0 fully saturated rings. The molecule has 4 aromatic rings. The van der Waals surface area contributed by atoms with Gasteiger partial charge in [0.05, 0.1) is 6.54 Å². The van der Waals surface area contributed by atoms with E-state index < -0.39 is 5.69 Å². The SMILES string of the molecule is Cc1ccccc1Cn1c(=O)c2c(nc3n2C[C@H](C)CN3c2ccc(F)cc2)n(C)c1=O. The fourth-order valence-corrected chi connectivity index (χ4v) is 4.44. The van der Waals surface area contributed by atoms with E-state index in [2.05, 4.69) is 6.92 Å². The number of benzene rings is 2. The summed E-state index contributed by atoms with van der Waals surface area (Å²) in [6.07, 6.45) is 0. The first-order valence-corrected chi connectivity index (χ1v) is 10.6. The number of imidazole rings is 1. The van der Waals surface area contributed by atoms with Crippen LogP contribution in [0.25, 0.3) is 11.2 Å². The molecule has 0 spiro atoms. The molecular weight excluding hydrogens is 409 g/mol. The number of aryl methyl sites for hydroxylation is 2. The number of anilines is 2. The van der Waals surface area contributed by atoms with E-state index >= 15 is 0 Å². The topological polar surface area (TPSA) is 65.1 Å². The molecule has 0 radical (unpaired) electrons. The highest BCUT2D eigenvalue weighted by atomic mass is 19.1. The van der Waals surface area contributed by atoms with Gasteiger partial charge in [-0.15, -0.1) is 0 Å². The van der Waals surface area contributed by atoms with Gasteiger partial charge >= 0.3 is 5.69 Å². The normalized spacial score (nSPS) is 15.9. The zero-order valence-corrected chi connectivity index (χ0v) is 18.2. The summed E-state index contributed by atoms with van der Waals surface area (Å²) < 4.78 is 18.1. The average molecular weight is 433 g/mol. The van der Waals surface area contributed by atoms with Crippen molar-refractivity contribution in [1.82, 2.24) is 18.7 Å². The second kappa shape index (κ2) is 7.47. The Morgan fingerprint density at radius 2 is 1.78 bits per heavy atom. The molecule has 0 amide bonds. The second-order valence-corrected chi connectivity index (χ2v) is 8.55. The summed E-state index contributed by atoms with van der Waals surface area (Å²) in [6, 6.07) is 13.9. The zero-order chi connectivity index (χ0) is 22.6. The number of hydrogen-bond donors (Lipinski definition) is 0. The molecule has 0 N–H and O–H groups in total. The van der Waals surface area contributed by atoms with Crippen LogP contribution in [-0.2, 0) is 20.1 Å². The number of hydrogen-bond acceptors (Lipinski definition) is 4. The molecule has 1 aliphatic heterocycles. The number of aromatic nitrogens is 4. The van der Waals surface area contributed by atoms with Gasteiger partial charge in [0.2, 0.25) is 5.95 Å². The quantitative estimate of drug-likeness (QED) is 0.498. The van der Waals surface area contributed by atoms with Crippen molar-refractivity contribution >= 4 is 22.8 Å². The fraction of sp³-hybridized carbons (Fsp3) is 0.292. The number of fused-ring (bicyclic) bond motifs is 3. The summed E-state index contributed by atoms with van der Waals surface area (Å²) in [7, 11) is 1.64. The summed E-state index contributed by atoms with van der Waals surface area (Å²) in [5, 5.41) is 0. The molecule has 0 bridgehead atoms. The third-order valence-corrected chi connectivity index (χ3v) is 6.17. The van der Waals surface area contributed by atoms with Crippen LogP contribution in [0, 0.1) is 18.7 Å². The second-order valence-electron chi connectivity index (χ2n) is 8.55. The standard InChI is InChI=1S/C24H24FN5O2/c1-15-12-28(19-10-8-18(25)9-11-19)23-26-21-20(29(23)13-15)22(31)30(24(32)27(21)3)14-17-7-5-4-6-16(17)2/h4-11,15H,12-14H2,1-3H3/t15-/m1/s1. The largest absolute Gasteiger partial charge is 0.332 e. The van der Waals surface area contributed by atoms with E-state index in [1.807, 2.05) is 40.7 Å². The number of halogens is 1. The Morgan fingerprint density at radius 1 is 1.06 bits per heavy atom. The van der Waals surface area contributed by atoms with E-state index in [-0.39, 0.29) is 23.8 Å². The monoisotopic (exact) mass is 433 g/mol. The molecule has 0 saturated carbocycles. The predicted octanol–water partition coefficient (Wildman–Crippen LogP) is 3.18. The van der Waals surface area contributed by atoms with Crippen molar-refractivity contribution in [3.63, 3.8) is 0 Å². The minimum atomic E-state index is -0.400. The Labute approximate surface area is 184 Å². The zero-order valence-electron chi connectivity index (χ0n) is 18.2. The smallest absolute Gasteiger partial charge is 0.312 e. The Hall–Kier alpha value is -3.68. The molecule has 0 unspecified atom stereocenters. The minimum Gasteiger partial charge on any atom is -0.312 e. The molecule has 164 valence electrons. The van der Waals surface area contributed by atoms with Gasteiger partial charge in [-0.2, -0.15) is 4.98 Å². The molecule has 1 atom stereocenters. The van der Waals surface area contributed by atoms with Gasteiger partial charge in [-0.1, -0.05) is 31.2 Å². The lowest BCUT2D eigenvalue weighted by atomic mass is 10.1. The lowest BCUT2D eigenvalue weighted by Gasteiger charge is -2.32. The summed E-state index contributed by atoms with van der Waals surface area (Å²) in [5.74, 6) is 0.505. The van der Waals surface area contributed by atoms with Crippen LogP contribution < -0.4 is 16.1 Å². The summed E-state index contributed by atoms with van der Waals surface area (Å²) in [4.78, 5) is 33.3. The molecule has 2 aromatic carbocycles. The van der Waals surface area contributed by atoms with E-state index in [1.54, 1.807) is 19.2 Å². The molecule has 32 heavy (non-hydrogen) atoms. The maximum atomic E-state index is 13.6. The first kappa shape index (κ1) is 20.2. The van der Waals surface area contributed by atoms with E-state index in [1.165, 1.54) is 21.3 Å². The molecule has 8 heteroatoms. The molecular formula is C24H24FN5O2. The van der Waals surface area contributed by atoms with Gasteiger partial charge in [-0.3, -0.25) is 13.9 Å². The maximum Gasteiger partial charge on any atom is 0.332 e. The van der Waals surface area contributed by atoms with Crippen LogP contribution in [0.1, 0.15) is 18.1 Å². The minimum absolute atomic E-state index is 0.200. The van der Waals surface area contributed by atoms with E-state index in [9.17, 15) is 14.0 Å². The van der Waals surface area contributed by atoms with Crippen molar-refractivity contribution in [2.45, 2.75) is 26.9 Å². The average Bonchev–Trinajstić information content (AvgIpc) is 3.16. The fourth-order valence-electron chi connectivity index (χ4n) is 4.44. The number of rotatable bonds is 3. The maximum absolute atomic E-state index is 13.6. The van der Waals surface area contributed by atoms with Crippen molar-refractivity contribution in [2.24, 2.45) is 13.0 Å². The van der Waals surface area contributed by atoms with E-state index in [0.29, 0.717) is 30.2 Å². The van der Waals surface area contributed by atoms with Gasteiger partial charge in [0, 0.05) is 25.8 Å². The summed E-state index contributed by atoms with van der Waals surface area (Å²) in [6.45, 7) is 5.55. The van der Waals surface area contributed by atoms with Crippen molar-refractivity contribution in [3.05, 3.63) is 86.3 Å². The third kappa shape index (κ3) is 3.14. The Bertz CT molecular complexity index is 1450. The van der Waals surface area contributed by atoms with Crippen LogP contribution in [0.15, 0.2) is 58.1 Å². The highest BCUT2D eigenvalue weighted by molar-refractivity contribution is 5.77. The molecule has 0 saturated heterocycles. The van der Waals surface area contributed by atoms with Crippen LogP contribution in [-0.4, -0.2) is 25.2 Å². The number of nitrogens with zero attached hydrogens (tertiary/aromatic N) is 5. The molecule has 7 nitrogen and oxygen atoms in total.